The van der Waals surface area contributed by atoms with Crippen molar-refractivity contribution in [2.45, 2.75) is 25.2 Å². The minimum Gasteiger partial charge on any atom is -0.504 e. The van der Waals surface area contributed by atoms with Gasteiger partial charge >= 0.3 is 0 Å². The lowest BCUT2D eigenvalue weighted by Crippen LogP contribution is -2.28. The van der Waals surface area contributed by atoms with Crippen LogP contribution in [0, 0.1) is 11.8 Å². The van der Waals surface area contributed by atoms with Crippen LogP contribution < -0.4 is 0 Å². The predicted molar refractivity (Wildman–Crippen MR) is 99.5 cm³/mol. The van der Waals surface area contributed by atoms with Gasteiger partial charge in [-0.3, -0.25) is 0 Å². The van der Waals surface area contributed by atoms with Crippen LogP contribution in [0.5, 0.6) is 0 Å². The summed E-state index contributed by atoms with van der Waals surface area (Å²) >= 11 is 0. The van der Waals surface area contributed by atoms with Crippen LogP contribution in [-0.4, -0.2) is 7.11 Å². The van der Waals surface area contributed by atoms with Gasteiger partial charge in [-0.1, -0.05) is 66.7 Å². The molecule has 0 radical (unpaired) electrons. The summed E-state index contributed by atoms with van der Waals surface area (Å²) in [7, 11) is 1.77. The van der Waals surface area contributed by atoms with E-state index < -0.39 is 0 Å². The molecule has 2 aliphatic rings. The van der Waals surface area contributed by atoms with Gasteiger partial charge in [0.2, 0.25) is 0 Å². The number of hydrogen-bond donors (Lipinski definition) is 0. The highest BCUT2D eigenvalue weighted by Crippen LogP contribution is 2.51. The van der Waals surface area contributed by atoms with Crippen molar-refractivity contribution in [1.29, 1.82) is 0 Å². The number of fused-ring (bicyclic) bond motifs is 2. The number of allylic oxidation sites excluding steroid dienone is 3. The van der Waals surface area contributed by atoms with Crippen molar-refractivity contribution in [3.8, 4) is 0 Å². The van der Waals surface area contributed by atoms with E-state index >= 15 is 0 Å². The molecule has 1 saturated carbocycles. The quantitative estimate of drug-likeness (QED) is 0.649. The molecule has 2 aromatic rings. The Balaban J connectivity index is 1.80. The van der Waals surface area contributed by atoms with Crippen molar-refractivity contribution in [2.75, 3.05) is 7.11 Å². The molecule has 2 aromatic carbocycles. The first-order valence-corrected chi connectivity index (χ1v) is 8.90. The Morgan fingerprint density at radius 2 is 1.67 bits per heavy atom. The third kappa shape index (κ3) is 2.80. The first kappa shape index (κ1) is 15.3. The van der Waals surface area contributed by atoms with Gasteiger partial charge in [0.15, 0.2) is 0 Å². The van der Waals surface area contributed by atoms with Gasteiger partial charge in [0.05, 0.1) is 13.4 Å². The van der Waals surface area contributed by atoms with Crippen LogP contribution >= 0.6 is 0 Å². The summed E-state index contributed by atoms with van der Waals surface area (Å²) in [6.45, 7) is 0. The molecule has 0 N–H and O–H groups in total. The van der Waals surface area contributed by atoms with Gasteiger partial charge in [-0.15, -0.1) is 0 Å². The molecule has 2 bridgehead atoms. The van der Waals surface area contributed by atoms with Crippen LogP contribution in [0.2, 0.25) is 0 Å². The number of ether oxygens (including phenoxy) is 1. The molecule has 1 heteroatoms. The maximum absolute atomic E-state index is 5.39. The molecule has 4 rings (SSSR count). The molecule has 0 amide bonds. The van der Waals surface area contributed by atoms with Gasteiger partial charge in [-0.25, -0.2) is 0 Å². The van der Waals surface area contributed by atoms with E-state index in [-0.39, 0.29) is 0 Å². The Hall–Kier alpha value is -2.28. The first-order chi connectivity index (χ1) is 11.9. The summed E-state index contributed by atoms with van der Waals surface area (Å²) in [5.41, 5.74) is 5.82. The van der Waals surface area contributed by atoms with Gasteiger partial charge in [0.25, 0.3) is 0 Å². The van der Waals surface area contributed by atoms with E-state index in [0.29, 0.717) is 17.8 Å². The maximum atomic E-state index is 5.39. The van der Waals surface area contributed by atoms with Gasteiger partial charge < -0.3 is 4.74 Å². The summed E-state index contributed by atoms with van der Waals surface area (Å²) in [4.78, 5) is 0. The van der Waals surface area contributed by atoms with Crippen LogP contribution in [0.3, 0.4) is 0 Å². The lowest BCUT2D eigenvalue weighted by molar-refractivity contribution is 0.296. The fourth-order valence-corrected chi connectivity index (χ4v) is 4.47. The fourth-order valence-electron chi connectivity index (χ4n) is 4.47. The molecule has 0 saturated heterocycles. The van der Waals surface area contributed by atoms with E-state index in [4.69, 9.17) is 4.74 Å². The minimum atomic E-state index is 0.444. The van der Waals surface area contributed by atoms with E-state index in [9.17, 15) is 0 Å². The van der Waals surface area contributed by atoms with Gasteiger partial charge in [-0.05, 0) is 53.4 Å². The smallest absolute Gasteiger partial charge is 0.0819 e. The second kappa shape index (κ2) is 6.68. The Morgan fingerprint density at radius 3 is 2.38 bits per heavy atom. The third-order valence-corrected chi connectivity index (χ3v) is 5.59. The van der Waals surface area contributed by atoms with Crippen molar-refractivity contribution in [3.63, 3.8) is 0 Å². The van der Waals surface area contributed by atoms with Crippen molar-refractivity contribution in [3.05, 3.63) is 89.7 Å². The van der Waals surface area contributed by atoms with E-state index in [1.54, 1.807) is 7.11 Å². The molecule has 2 aliphatic carbocycles. The van der Waals surface area contributed by atoms with Crippen LogP contribution in [0.1, 0.15) is 36.3 Å². The van der Waals surface area contributed by atoms with E-state index in [1.165, 1.54) is 35.1 Å². The SMILES string of the molecule is COC=C1CCC2CC1C(c1ccccc1)C=C2c1ccccc1. The lowest BCUT2D eigenvalue weighted by Gasteiger charge is -2.41. The van der Waals surface area contributed by atoms with Crippen molar-refractivity contribution in [1.82, 2.24) is 0 Å². The number of hydrogen-bond acceptors (Lipinski definition) is 1. The summed E-state index contributed by atoms with van der Waals surface area (Å²) < 4.78 is 5.39. The highest BCUT2D eigenvalue weighted by Gasteiger charge is 2.38. The molecule has 1 nitrogen and oxygen atoms in total. The predicted octanol–water partition coefficient (Wildman–Crippen LogP) is 5.81. The topological polar surface area (TPSA) is 9.23 Å². The monoisotopic (exact) mass is 316 g/mol. The number of rotatable bonds is 3. The summed E-state index contributed by atoms with van der Waals surface area (Å²) in [6, 6.07) is 21.9. The highest BCUT2D eigenvalue weighted by molar-refractivity contribution is 5.70. The average molecular weight is 316 g/mol. The standard InChI is InChI=1S/C23H24O/c1-24-16-20-13-12-19-14-22(20)23(18-10-6-3-7-11-18)15-21(19)17-8-4-2-5-9-17/h2-11,15-16,19,22-23H,12-14H2,1H3. The van der Waals surface area contributed by atoms with Gasteiger partial charge in [-0.2, -0.15) is 0 Å². The molecule has 3 unspecified atom stereocenters. The molecule has 0 aromatic heterocycles. The Labute approximate surface area is 144 Å². The number of methoxy groups -OCH3 is 1. The van der Waals surface area contributed by atoms with Crippen LogP contribution in [0.15, 0.2) is 78.6 Å². The zero-order chi connectivity index (χ0) is 16.4. The fraction of sp³-hybridized carbons (Fsp3) is 0.304. The Kier molecular flexibility index (Phi) is 4.25. The first-order valence-electron chi connectivity index (χ1n) is 8.90. The molecule has 0 spiro atoms. The Morgan fingerprint density at radius 1 is 0.958 bits per heavy atom. The molecule has 0 aliphatic heterocycles. The molecule has 1 fully saturated rings. The molecule has 3 atom stereocenters. The Bertz CT molecular complexity index is 742. The normalized spacial score (nSPS) is 27.6. The van der Waals surface area contributed by atoms with Crippen LogP contribution in [-0.2, 0) is 4.74 Å². The van der Waals surface area contributed by atoms with Crippen LogP contribution in [0.25, 0.3) is 5.57 Å². The largest absolute Gasteiger partial charge is 0.504 e. The summed E-state index contributed by atoms with van der Waals surface area (Å²) in [5, 5.41) is 0. The van der Waals surface area contributed by atoms with Crippen molar-refractivity contribution < 1.29 is 4.74 Å². The number of benzene rings is 2. The molecular weight excluding hydrogens is 292 g/mol. The average Bonchev–Trinajstić information content (AvgIpc) is 2.66. The lowest BCUT2D eigenvalue weighted by atomic mass is 9.63. The maximum Gasteiger partial charge on any atom is 0.0819 e. The third-order valence-electron chi connectivity index (χ3n) is 5.59. The molecule has 24 heavy (non-hydrogen) atoms. The van der Waals surface area contributed by atoms with Crippen molar-refractivity contribution >= 4 is 5.57 Å². The zero-order valence-corrected chi connectivity index (χ0v) is 14.2. The van der Waals surface area contributed by atoms with Crippen LogP contribution in [0.4, 0.5) is 0 Å². The molecular formula is C23H24O. The van der Waals surface area contributed by atoms with Gasteiger partial charge in [0, 0.05) is 5.92 Å². The summed E-state index contributed by atoms with van der Waals surface area (Å²) in [5.74, 6) is 1.68. The van der Waals surface area contributed by atoms with E-state index in [1.807, 2.05) is 6.26 Å². The minimum absolute atomic E-state index is 0.444. The molecule has 0 heterocycles. The van der Waals surface area contributed by atoms with E-state index in [2.05, 4.69) is 66.7 Å². The van der Waals surface area contributed by atoms with E-state index in [0.717, 1.165) is 6.42 Å². The second-order valence-electron chi connectivity index (χ2n) is 6.93. The van der Waals surface area contributed by atoms with Gasteiger partial charge in [0.1, 0.15) is 0 Å². The highest BCUT2D eigenvalue weighted by atomic mass is 16.5. The molecule has 122 valence electrons. The second-order valence-corrected chi connectivity index (χ2v) is 6.93. The zero-order valence-electron chi connectivity index (χ0n) is 14.2. The summed E-state index contributed by atoms with van der Waals surface area (Å²) in [6.07, 6.45) is 8.14. The van der Waals surface area contributed by atoms with Crippen molar-refractivity contribution in [2.24, 2.45) is 11.8 Å².